The fourth-order valence-electron chi connectivity index (χ4n) is 2.62. The summed E-state index contributed by atoms with van der Waals surface area (Å²) in [6.45, 7) is 2.70. The summed E-state index contributed by atoms with van der Waals surface area (Å²) in [7, 11) is 0. The van der Waals surface area contributed by atoms with Gasteiger partial charge in [0.1, 0.15) is 11.5 Å². The number of ketones is 1. The van der Waals surface area contributed by atoms with Crippen LogP contribution in [0, 0.1) is 0 Å². The number of fused-ring (bicyclic) bond motifs is 2. The van der Waals surface area contributed by atoms with Crippen molar-refractivity contribution in [3.63, 3.8) is 0 Å². The summed E-state index contributed by atoms with van der Waals surface area (Å²) in [6.07, 6.45) is 1.78. The van der Waals surface area contributed by atoms with Crippen molar-refractivity contribution in [1.29, 1.82) is 0 Å². The minimum Gasteiger partial charge on any atom is -0.504 e. The number of hydrogen-bond donors (Lipinski definition) is 1. The summed E-state index contributed by atoms with van der Waals surface area (Å²) in [5.74, 6) is 1.58. The molecule has 2 aliphatic heterocycles. The summed E-state index contributed by atoms with van der Waals surface area (Å²) in [4.78, 5) is 11.3. The van der Waals surface area contributed by atoms with Gasteiger partial charge >= 0.3 is 0 Å². The third-order valence-electron chi connectivity index (χ3n) is 3.31. The Hall–Kier alpha value is -1.71. The highest BCUT2D eigenvalue weighted by atomic mass is 16.5. The Morgan fingerprint density at radius 2 is 1.82 bits per heavy atom. The Labute approximate surface area is 99.2 Å². The number of phenols is 1. The maximum atomic E-state index is 11.3. The van der Waals surface area contributed by atoms with E-state index in [-0.39, 0.29) is 11.5 Å². The molecule has 0 saturated carbocycles. The highest BCUT2D eigenvalue weighted by Gasteiger charge is 2.31. The van der Waals surface area contributed by atoms with Crippen LogP contribution in [0.2, 0.25) is 0 Å². The molecular formula is C13H14O4. The van der Waals surface area contributed by atoms with Gasteiger partial charge in [0, 0.05) is 36.0 Å². The Morgan fingerprint density at radius 1 is 1.18 bits per heavy atom. The second-order valence-corrected chi connectivity index (χ2v) is 4.52. The highest BCUT2D eigenvalue weighted by Crippen LogP contribution is 2.48. The first-order valence-electron chi connectivity index (χ1n) is 5.83. The minimum absolute atomic E-state index is 0.0995. The van der Waals surface area contributed by atoms with E-state index in [1.807, 2.05) is 0 Å². The molecule has 4 heteroatoms. The molecule has 2 heterocycles. The zero-order chi connectivity index (χ0) is 12.0. The van der Waals surface area contributed by atoms with Gasteiger partial charge in [0.15, 0.2) is 11.5 Å². The van der Waals surface area contributed by atoms with Crippen LogP contribution in [0.3, 0.4) is 0 Å². The van der Waals surface area contributed by atoms with Gasteiger partial charge < -0.3 is 14.6 Å². The minimum atomic E-state index is 0.0995. The van der Waals surface area contributed by atoms with Crippen LogP contribution < -0.4 is 9.47 Å². The average molecular weight is 234 g/mol. The molecule has 0 saturated heterocycles. The number of aromatic hydroxyl groups is 1. The van der Waals surface area contributed by atoms with Crippen molar-refractivity contribution in [3.05, 3.63) is 16.7 Å². The molecule has 3 rings (SSSR count). The lowest BCUT2D eigenvalue weighted by atomic mass is 9.95. The summed E-state index contributed by atoms with van der Waals surface area (Å²) < 4.78 is 11.0. The lowest BCUT2D eigenvalue weighted by molar-refractivity contribution is -0.116. The second-order valence-electron chi connectivity index (χ2n) is 4.52. The highest BCUT2D eigenvalue weighted by molar-refractivity contribution is 5.81. The number of hydrogen-bond acceptors (Lipinski definition) is 4. The lowest BCUT2D eigenvalue weighted by Crippen LogP contribution is -2.03. The third-order valence-corrected chi connectivity index (χ3v) is 3.31. The van der Waals surface area contributed by atoms with Crippen LogP contribution in [0.1, 0.15) is 23.6 Å². The molecule has 0 bridgehead atoms. The molecule has 0 spiro atoms. The predicted molar refractivity (Wildman–Crippen MR) is 60.9 cm³/mol. The second kappa shape index (κ2) is 3.65. The topological polar surface area (TPSA) is 55.8 Å². The first-order valence-corrected chi connectivity index (χ1v) is 5.83. The molecule has 0 aliphatic carbocycles. The third kappa shape index (κ3) is 1.47. The van der Waals surface area contributed by atoms with Gasteiger partial charge in [-0.25, -0.2) is 0 Å². The number of rotatable bonds is 2. The Bertz CT molecular complexity index is 470. The number of phenolic OH excluding ortho intramolecular Hbond substituents is 1. The van der Waals surface area contributed by atoms with Gasteiger partial charge in [0.25, 0.3) is 0 Å². The van der Waals surface area contributed by atoms with Gasteiger partial charge in [-0.2, -0.15) is 0 Å². The summed E-state index contributed by atoms with van der Waals surface area (Å²) in [6, 6.07) is 0. The van der Waals surface area contributed by atoms with Crippen LogP contribution in [0.5, 0.6) is 17.2 Å². The Kier molecular flexibility index (Phi) is 2.24. The monoisotopic (exact) mass is 234 g/mol. The SMILES string of the molecule is CC(=O)Cc1c2c(c(O)c3c1OCC3)OCC2. The molecule has 0 unspecified atom stereocenters. The number of benzene rings is 1. The summed E-state index contributed by atoms with van der Waals surface area (Å²) in [5.41, 5.74) is 2.65. The zero-order valence-corrected chi connectivity index (χ0v) is 9.71. The van der Waals surface area contributed by atoms with Gasteiger partial charge in [0.05, 0.1) is 13.2 Å². The molecular weight excluding hydrogens is 220 g/mol. The van der Waals surface area contributed by atoms with Crippen LogP contribution in [0.25, 0.3) is 0 Å². The van der Waals surface area contributed by atoms with Crippen molar-refractivity contribution >= 4 is 5.78 Å². The van der Waals surface area contributed by atoms with E-state index in [0.717, 1.165) is 23.1 Å². The van der Waals surface area contributed by atoms with Crippen LogP contribution in [0.15, 0.2) is 0 Å². The van der Waals surface area contributed by atoms with E-state index in [1.54, 1.807) is 6.92 Å². The maximum Gasteiger partial charge on any atom is 0.165 e. The first-order chi connectivity index (χ1) is 8.18. The largest absolute Gasteiger partial charge is 0.504 e. The molecule has 90 valence electrons. The summed E-state index contributed by atoms with van der Waals surface area (Å²) >= 11 is 0. The molecule has 0 radical (unpaired) electrons. The van der Waals surface area contributed by atoms with E-state index in [2.05, 4.69) is 0 Å². The molecule has 0 atom stereocenters. The Morgan fingerprint density at radius 3 is 2.53 bits per heavy atom. The van der Waals surface area contributed by atoms with Crippen molar-refractivity contribution in [3.8, 4) is 17.2 Å². The van der Waals surface area contributed by atoms with Crippen LogP contribution >= 0.6 is 0 Å². The van der Waals surface area contributed by atoms with Gasteiger partial charge in [0.2, 0.25) is 0 Å². The van der Waals surface area contributed by atoms with Crippen LogP contribution in [0.4, 0.5) is 0 Å². The standard InChI is InChI=1S/C13H14O4/c1-7(14)6-10-8-2-4-17-13(8)11(15)9-3-5-16-12(9)10/h15H,2-6H2,1H3. The molecule has 0 aromatic heterocycles. The van der Waals surface area contributed by atoms with E-state index in [1.165, 1.54) is 0 Å². The molecule has 4 nitrogen and oxygen atoms in total. The van der Waals surface area contributed by atoms with E-state index in [0.29, 0.717) is 37.6 Å². The van der Waals surface area contributed by atoms with Gasteiger partial charge in [-0.05, 0) is 6.92 Å². The van der Waals surface area contributed by atoms with E-state index in [4.69, 9.17) is 9.47 Å². The van der Waals surface area contributed by atoms with Gasteiger partial charge in [-0.1, -0.05) is 0 Å². The smallest absolute Gasteiger partial charge is 0.165 e. The number of carbonyl (C=O) groups is 1. The maximum absolute atomic E-state index is 11.3. The van der Waals surface area contributed by atoms with E-state index in [9.17, 15) is 9.90 Å². The summed E-state index contributed by atoms with van der Waals surface area (Å²) in [5, 5.41) is 10.1. The average Bonchev–Trinajstić information content (AvgIpc) is 2.92. The zero-order valence-electron chi connectivity index (χ0n) is 9.71. The number of ether oxygens (including phenoxy) is 2. The first kappa shape index (κ1) is 10.4. The fraction of sp³-hybridized carbons (Fsp3) is 0.462. The molecule has 17 heavy (non-hydrogen) atoms. The molecule has 2 aliphatic rings. The molecule has 1 N–H and O–H groups in total. The van der Waals surface area contributed by atoms with E-state index < -0.39 is 0 Å². The predicted octanol–water partition coefficient (Wildman–Crippen LogP) is 1.39. The van der Waals surface area contributed by atoms with Crippen molar-refractivity contribution in [2.45, 2.75) is 26.2 Å². The van der Waals surface area contributed by atoms with Crippen LogP contribution in [-0.4, -0.2) is 24.1 Å². The fourth-order valence-corrected chi connectivity index (χ4v) is 2.62. The lowest BCUT2D eigenvalue weighted by Gasteiger charge is -2.13. The van der Waals surface area contributed by atoms with Gasteiger partial charge in [-0.15, -0.1) is 0 Å². The normalized spacial score (nSPS) is 16.1. The Balaban J connectivity index is 2.22. The van der Waals surface area contributed by atoms with Crippen molar-refractivity contribution in [2.24, 2.45) is 0 Å². The number of Topliss-reactive ketones (excluding diaryl/α,β-unsaturated/α-hetero) is 1. The molecule has 0 fully saturated rings. The van der Waals surface area contributed by atoms with Crippen molar-refractivity contribution in [2.75, 3.05) is 13.2 Å². The van der Waals surface area contributed by atoms with Crippen LogP contribution in [-0.2, 0) is 24.1 Å². The molecule has 1 aromatic carbocycles. The van der Waals surface area contributed by atoms with Crippen molar-refractivity contribution in [1.82, 2.24) is 0 Å². The molecule has 1 aromatic rings. The quantitative estimate of drug-likeness (QED) is 0.840. The van der Waals surface area contributed by atoms with Crippen molar-refractivity contribution < 1.29 is 19.4 Å². The number of carbonyl (C=O) groups excluding carboxylic acids is 1. The van der Waals surface area contributed by atoms with Gasteiger partial charge in [-0.3, -0.25) is 4.79 Å². The molecule has 0 amide bonds. The van der Waals surface area contributed by atoms with E-state index >= 15 is 0 Å².